The Morgan fingerprint density at radius 3 is 2.76 bits per heavy atom. The number of carbonyl (C=O) groups excluding carboxylic acids is 2. The van der Waals surface area contributed by atoms with Gasteiger partial charge in [-0.2, -0.15) is 15.3 Å². The molecule has 1 N–H and O–H groups in total. The molecule has 3 fully saturated rings. The maximum atomic E-state index is 13.1. The van der Waals surface area contributed by atoms with Crippen LogP contribution in [-0.2, 0) is 9.53 Å². The number of nitrogens with one attached hydrogen (secondary N) is 1. The largest absolute Gasteiger partial charge is 0.444 e. The van der Waals surface area contributed by atoms with E-state index >= 15 is 0 Å². The SMILES string of the molecule is CC(C)(C)OC(=O)N1CC(n2cc(Nc3nccc(N4CC[C@@](C#N)(C5CC5)C4=O)n3)cn2)C1. The minimum atomic E-state index is -0.907. The molecule has 0 spiro atoms. The van der Waals surface area contributed by atoms with Crippen LogP contribution >= 0.6 is 0 Å². The third-order valence-corrected chi connectivity index (χ3v) is 6.49. The van der Waals surface area contributed by atoms with Crippen LogP contribution in [-0.4, -0.2) is 61.9 Å². The van der Waals surface area contributed by atoms with Gasteiger partial charge in [0, 0.05) is 32.0 Å². The van der Waals surface area contributed by atoms with Crippen LogP contribution in [0.1, 0.15) is 46.1 Å². The van der Waals surface area contributed by atoms with E-state index in [1.54, 1.807) is 32.9 Å². The number of ether oxygens (including phenoxy) is 1. The monoisotopic (exact) mass is 464 g/mol. The minimum absolute atomic E-state index is 0.0686. The van der Waals surface area contributed by atoms with Crippen molar-refractivity contribution in [2.45, 2.75) is 51.7 Å². The summed E-state index contributed by atoms with van der Waals surface area (Å²) in [4.78, 5) is 37.2. The zero-order valence-corrected chi connectivity index (χ0v) is 19.6. The number of nitrogens with zero attached hydrogens (tertiary/aromatic N) is 7. The van der Waals surface area contributed by atoms with Gasteiger partial charge in [-0.1, -0.05) is 0 Å². The number of carbonyl (C=O) groups is 2. The molecule has 0 radical (unpaired) electrons. The Bertz CT molecular complexity index is 1160. The summed E-state index contributed by atoms with van der Waals surface area (Å²) in [5.41, 5.74) is -0.729. The van der Waals surface area contributed by atoms with Gasteiger partial charge >= 0.3 is 6.09 Å². The molecule has 2 aromatic heterocycles. The van der Waals surface area contributed by atoms with Crippen molar-refractivity contribution in [3.8, 4) is 6.07 Å². The highest BCUT2D eigenvalue weighted by Gasteiger charge is 2.57. The highest BCUT2D eigenvalue weighted by atomic mass is 16.6. The second kappa shape index (κ2) is 7.97. The molecule has 11 nitrogen and oxygen atoms in total. The van der Waals surface area contributed by atoms with Gasteiger partial charge in [0.15, 0.2) is 0 Å². The summed E-state index contributed by atoms with van der Waals surface area (Å²) < 4.78 is 7.19. The van der Waals surface area contributed by atoms with Crippen LogP contribution in [0.3, 0.4) is 0 Å². The van der Waals surface area contributed by atoms with Crippen LogP contribution in [0.4, 0.5) is 22.2 Å². The Balaban J connectivity index is 1.21. The molecular formula is C23H28N8O3. The minimum Gasteiger partial charge on any atom is -0.444 e. The maximum absolute atomic E-state index is 13.1. The van der Waals surface area contributed by atoms with Crippen molar-refractivity contribution in [3.63, 3.8) is 0 Å². The molecule has 3 aliphatic rings. The fraction of sp³-hybridized carbons (Fsp3) is 0.565. The van der Waals surface area contributed by atoms with Crippen molar-refractivity contribution in [2.24, 2.45) is 11.3 Å². The molecule has 5 rings (SSSR count). The van der Waals surface area contributed by atoms with Crippen molar-refractivity contribution < 1.29 is 14.3 Å². The number of nitriles is 1. The number of hydrogen-bond acceptors (Lipinski definition) is 8. The third kappa shape index (κ3) is 4.04. The lowest BCUT2D eigenvalue weighted by Crippen LogP contribution is -2.52. The van der Waals surface area contributed by atoms with Gasteiger partial charge in [-0.05, 0) is 52.0 Å². The van der Waals surface area contributed by atoms with Crippen LogP contribution in [0.2, 0.25) is 0 Å². The standard InChI is InChI=1S/C23H28N8O3/c1-22(2,3)34-21(33)29-12-17(13-29)31-11-16(10-26-31)27-20-25-8-6-18(28-20)30-9-7-23(14-24,19(30)32)15-4-5-15/h6,8,10-11,15,17H,4-5,7,9,12-13H2,1-3H3,(H,25,27,28)/t23-/m1/s1. The Morgan fingerprint density at radius 1 is 1.32 bits per heavy atom. The van der Waals surface area contributed by atoms with Gasteiger partial charge in [0.25, 0.3) is 0 Å². The summed E-state index contributed by atoms with van der Waals surface area (Å²) in [6.07, 6.45) is 7.18. The smallest absolute Gasteiger partial charge is 0.410 e. The summed E-state index contributed by atoms with van der Waals surface area (Å²) in [7, 11) is 0. The summed E-state index contributed by atoms with van der Waals surface area (Å²) in [5, 5.41) is 17.2. The topological polar surface area (TPSA) is 129 Å². The first-order valence-electron chi connectivity index (χ1n) is 11.5. The van der Waals surface area contributed by atoms with Gasteiger partial charge in [-0.15, -0.1) is 0 Å². The lowest BCUT2D eigenvalue weighted by atomic mass is 9.83. The quantitative estimate of drug-likeness (QED) is 0.715. The third-order valence-electron chi connectivity index (χ3n) is 6.49. The molecule has 1 aliphatic carbocycles. The van der Waals surface area contributed by atoms with E-state index in [4.69, 9.17) is 4.74 Å². The molecule has 0 unspecified atom stereocenters. The van der Waals surface area contributed by atoms with Crippen LogP contribution in [0, 0.1) is 22.7 Å². The zero-order chi connectivity index (χ0) is 24.1. The highest BCUT2D eigenvalue weighted by Crippen LogP contribution is 2.51. The van der Waals surface area contributed by atoms with E-state index in [-0.39, 0.29) is 24.0 Å². The highest BCUT2D eigenvalue weighted by molar-refractivity contribution is 6.01. The number of aromatic nitrogens is 4. The van der Waals surface area contributed by atoms with Crippen molar-refractivity contribution in [1.82, 2.24) is 24.6 Å². The Hall–Kier alpha value is -3.68. The van der Waals surface area contributed by atoms with E-state index in [1.165, 1.54) is 0 Å². The molecule has 1 atom stereocenters. The van der Waals surface area contributed by atoms with Gasteiger partial charge in [0.1, 0.15) is 16.8 Å². The molecule has 2 aromatic rings. The predicted molar refractivity (Wildman–Crippen MR) is 122 cm³/mol. The van der Waals surface area contributed by atoms with E-state index in [2.05, 4.69) is 26.5 Å². The Kier molecular flexibility index (Phi) is 5.19. The summed E-state index contributed by atoms with van der Waals surface area (Å²) in [6.45, 7) is 7.07. The molecule has 2 saturated heterocycles. The van der Waals surface area contributed by atoms with Crippen molar-refractivity contribution >= 4 is 29.5 Å². The summed E-state index contributed by atoms with van der Waals surface area (Å²) in [6, 6.07) is 4.05. The lowest BCUT2D eigenvalue weighted by Gasteiger charge is -2.39. The second-order valence-corrected chi connectivity index (χ2v) is 10.2. The normalized spacial score (nSPS) is 22.9. The van der Waals surface area contributed by atoms with Crippen molar-refractivity contribution in [3.05, 3.63) is 24.7 Å². The van der Waals surface area contributed by atoms with E-state index in [1.807, 2.05) is 27.0 Å². The van der Waals surface area contributed by atoms with E-state index in [0.29, 0.717) is 43.5 Å². The van der Waals surface area contributed by atoms with Gasteiger partial charge in [-0.3, -0.25) is 14.4 Å². The van der Waals surface area contributed by atoms with E-state index < -0.39 is 11.0 Å². The Morgan fingerprint density at radius 2 is 2.09 bits per heavy atom. The molecule has 178 valence electrons. The molecule has 34 heavy (non-hydrogen) atoms. The van der Waals surface area contributed by atoms with E-state index in [9.17, 15) is 14.9 Å². The Labute approximate surface area is 197 Å². The van der Waals surface area contributed by atoms with E-state index in [0.717, 1.165) is 12.8 Å². The number of amides is 2. The first-order chi connectivity index (χ1) is 16.2. The van der Waals surface area contributed by atoms with Gasteiger partial charge in [-0.25, -0.2) is 9.78 Å². The van der Waals surface area contributed by atoms with Crippen LogP contribution < -0.4 is 10.2 Å². The first kappa shape index (κ1) is 22.1. The average Bonchev–Trinajstić information content (AvgIpc) is 3.41. The van der Waals surface area contributed by atoms with Crippen LogP contribution in [0.5, 0.6) is 0 Å². The van der Waals surface area contributed by atoms with Crippen LogP contribution in [0.25, 0.3) is 0 Å². The molecule has 2 aliphatic heterocycles. The predicted octanol–water partition coefficient (Wildman–Crippen LogP) is 2.87. The average molecular weight is 465 g/mol. The summed E-state index contributed by atoms with van der Waals surface area (Å²) in [5.74, 6) is 0.835. The maximum Gasteiger partial charge on any atom is 0.410 e. The number of hydrogen-bond donors (Lipinski definition) is 1. The van der Waals surface area contributed by atoms with Crippen molar-refractivity contribution in [2.75, 3.05) is 29.9 Å². The first-order valence-corrected chi connectivity index (χ1v) is 11.5. The molecule has 1 saturated carbocycles. The number of anilines is 3. The molecule has 4 heterocycles. The molecule has 11 heteroatoms. The summed E-state index contributed by atoms with van der Waals surface area (Å²) >= 11 is 0. The number of likely N-dealkylation sites (tertiary alicyclic amines) is 1. The van der Waals surface area contributed by atoms with Crippen molar-refractivity contribution in [1.29, 1.82) is 5.26 Å². The molecular weight excluding hydrogens is 436 g/mol. The zero-order valence-electron chi connectivity index (χ0n) is 19.6. The fourth-order valence-corrected chi connectivity index (χ4v) is 4.50. The molecule has 0 aromatic carbocycles. The van der Waals surface area contributed by atoms with Gasteiger partial charge < -0.3 is 15.0 Å². The van der Waals surface area contributed by atoms with Gasteiger partial charge in [0.05, 0.1) is 24.0 Å². The number of rotatable bonds is 5. The second-order valence-electron chi connectivity index (χ2n) is 10.2. The molecule has 0 bridgehead atoms. The molecule has 2 amide bonds. The van der Waals surface area contributed by atoms with Gasteiger partial charge in [0.2, 0.25) is 11.9 Å². The fourth-order valence-electron chi connectivity index (χ4n) is 4.50. The lowest BCUT2D eigenvalue weighted by molar-refractivity contribution is -0.123. The van der Waals surface area contributed by atoms with Crippen LogP contribution in [0.15, 0.2) is 24.7 Å².